The van der Waals surface area contributed by atoms with Gasteiger partial charge in [-0.3, -0.25) is 0 Å². The lowest BCUT2D eigenvalue weighted by Gasteiger charge is -2.26. The predicted octanol–water partition coefficient (Wildman–Crippen LogP) is 2.40. The number of alkyl carbamates (subject to hydrolysis) is 1. The van der Waals surface area contributed by atoms with E-state index < -0.39 is 6.09 Å². The van der Waals surface area contributed by atoms with E-state index in [1.165, 1.54) is 12.1 Å². The number of rotatable bonds is 2. The molecule has 1 aliphatic heterocycles. The molecule has 1 N–H and O–H groups in total. The first-order valence-electron chi connectivity index (χ1n) is 5.56. The Hall–Kier alpha value is -1.78. The Morgan fingerprint density at radius 1 is 1.65 bits per heavy atom. The summed E-state index contributed by atoms with van der Waals surface area (Å²) >= 11 is 0. The average molecular weight is 239 g/mol. The quantitative estimate of drug-likeness (QED) is 0.862. The van der Waals surface area contributed by atoms with E-state index in [-0.39, 0.29) is 11.9 Å². The number of fused-ring (bicyclic) bond motifs is 1. The summed E-state index contributed by atoms with van der Waals surface area (Å²) < 4.78 is 23.4. The summed E-state index contributed by atoms with van der Waals surface area (Å²) in [6, 6.07) is 4.04. The van der Waals surface area contributed by atoms with E-state index in [0.717, 1.165) is 0 Å². The van der Waals surface area contributed by atoms with E-state index in [4.69, 9.17) is 9.47 Å². The molecule has 92 valence electrons. The number of hydrogen-bond acceptors (Lipinski definition) is 3. The second-order valence-corrected chi connectivity index (χ2v) is 3.74. The van der Waals surface area contributed by atoms with Gasteiger partial charge in [0.15, 0.2) is 0 Å². The molecule has 1 unspecified atom stereocenters. The Labute approximate surface area is 98.7 Å². The fourth-order valence-electron chi connectivity index (χ4n) is 1.83. The average Bonchev–Trinajstić information content (AvgIpc) is 2.30. The van der Waals surface area contributed by atoms with Gasteiger partial charge in [-0.25, -0.2) is 9.18 Å². The number of halogens is 1. The maximum atomic E-state index is 13.2. The Morgan fingerprint density at radius 2 is 2.47 bits per heavy atom. The van der Waals surface area contributed by atoms with Crippen molar-refractivity contribution in [3.63, 3.8) is 0 Å². The summed E-state index contributed by atoms with van der Waals surface area (Å²) in [4.78, 5) is 11.3. The molecule has 1 aromatic rings. The molecule has 2 rings (SSSR count). The smallest absolute Gasteiger partial charge is 0.407 e. The Bertz CT molecular complexity index is 422. The van der Waals surface area contributed by atoms with Crippen molar-refractivity contribution in [2.45, 2.75) is 19.4 Å². The van der Waals surface area contributed by atoms with Crippen LogP contribution in [0, 0.1) is 5.82 Å². The zero-order chi connectivity index (χ0) is 12.3. The van der Waals surface area contributed by atoms with Crippen molar-refractivity contribution in [3.05, 3.63) is 29.6 Å². The molecular weight excluding hydrogens is 225 g/mol. The molecule has 0 radical (unpaired) electrons. The zero-order valence-electron chi connectivity index (χ0n) is 9.53. The van der Waals surface area contributed by atoms with Crippen molar-refractivity contribution < 1.29 is 18.7 Å². The predicted molar refractivity (Wildman–Crippen MR) is 59.4 cm³/mol. The van der Waals surface area contributed by atoms with Gasteiger partial charge in [-0.2, -0.15) is 0 Å². The van der Waals surface area contributed by atoms with Crippen molar-refractivity contribution in [1.82, 2.24) is 5.32 Å². The monoisotopic (exact) mass is 239 g/mol. The number of carbonyl (C=O) groups excluding carboxylic acids is 1. The highest BCUT2D eigenvalue weighted by molar-refractivity contribution is 5.68. The third kappa shape index (κ3) is 2.67. The van der Waals surface area contributed by atoms with Crippen LogP contribution >= 0.6 is 0 Å². The molecule has 0 spiro atoms. The molecule has 0 saturated carbocycles. The van der Waals surface area contributed by atoms with Crippen molar-refractivity contribution in [3.8, 4) is 5.75 Å². The highest BCUT2D eigenvalue weighted by Gasteiger charge is 2.23. The summed E-state index contributed by atoms with van der Waals surface area (Å²) in [5.41, 5.74) is 0.657. The van der Waals surface area contributed by atoms with Gasteiger partial charge in [0.25, 0.3) is 0 Å². The number of carbonyl (C=O) groups is 1. The first-order valence-corrected chi connectivity index (χ1v) is 5.56. The van der Waals surface area contributed by atoms with Gasteiger partial charge in [0.05, 0.1) is 19.3 Å². The van der Waals surface area contributed by atoms with Gasteiger partial charge in [0.2, 0.25) is 0 Å². The van der Waals surface area contributed by atoms with E-state index in [1.807, 2.05) is 0 Å². The van der Waals surface area contributed by atoms with Crippen LogP contribution in [-0.4, -0.2) is 19.3 Å². The molecule has 0 fully saturated rings. The van der Waals surface area contributed by atoms with Gasteiger partial charge in [-0.15, -0.1) is 0 Å². The molecule has 0 bridgehead atoms. The second-order valence-electron chi connectivity index (χ2n) is 3.74. The Kier molecular flexibility index (Phi) is 3.46. The van der Waals surface area contributed by atoms with Crippen molar-refractivity contribution in [2.24, 2.45) is 0 Å². The Morgan fingerprint density at radius 3 is 3.24 bits per heavy atom. The van der Waals surface area contributed by atoms with Gasteiger partial charge in [0.1, 0.15) is 11.6 Å². The van der Waals surface area contributed by atoms with E-state index >= 15 is 0 Å². The van der Waals surface area contributed by atoms with Crippen LogP contribution in [0.4, 0.5) is 9.18 Å². The van der Waals surface area contributed by atoms with Gasteiger partial charge < -0.3 is 14.8 Å². The summed E-state index contributed by atoms with van der Waals surface area (Å²) in [5.74, 6) is 0.268. The van der Waals surface area contributed by atoms with E-state index in [2.05, 4.69) is 5.32 Å². The maximum absolute atomic E-state index is 13.2. The summed E-state index contributed by atoms with van der Waals surface area (Å²) in [5, 5.41) is 2.70. The first kappa shape index (κ1) is 11.7. The third-order valence-electron chi connectivity index (χ3n) is 2.58. The molecule has 0 saturated heterocycles. The summed E-state index contributed by atoms with van der Waals surface area (Å²) in [6.45, 7) is 2.54. The number of nitrogens with one attached hydrogen (secondary N) is 1. The minimum absolute atomic E-state index is 0.256. The highest BCUT2D eigenvalue weighted by Crippen LogP contribution is 2.32. The van der Waals surface area contributed by atoms with Crippen LogP contribution < -0.4 is 10.1 Å². The van der Waals surface area contributed by atoms with Crippen LogP contribution in [-0.2, 0) is 4.74 Å². The lowest BCUT2D eigenvalue weighted by atomic mass is 10.0. The maximum Gasteiger partial charge on any atom is 0.407 e. The minimum atomic E-state index is -0.491. The van der Waals surface area contributed by atoms with Gasteiger partial charge in [0, 0.05) is 12.0 Å². The lowest BCUT2D eigenvalue weighted by molar-refractivity contribution is 0.143. The highest BCUT2D eigenvalue weighted by atomic mass is 19.1. The fourth-order valence-corrected chi connectivity index (χ4v) is 1.83. The molecule has 1 aromatic carbocycles. The molecule has 1 amide bonds. The standard InChI is InChI=1S/C12H14FNO3/c1-2-16-12(15)14-10-5-6-17-11-4-3-8(13)7-9(10)11/h3-4,7,10H,2,5-6H2,1H3,(H,14,15). The van der Waals surface area contributed by atoms with Crippen molar-refractivity contribution in [2.75, 3.05) is 13.2 Å². The third-order valence-corrected chi connectivity index (χ3v) is 2.58. The molecule has 4 nitrogen and oxygen atoms in total. The lowest BCUT2D eigenvalue weighted by Crippen LogP contribution is -2.32. The van der Waals surface area contributed by atoms with Crippen molar-refractivity contribution in [1.29, 1.82) is 0 Å². The van der Waals surface area contributed by atoms with E-state index in [1.54, 1.807) is 13.0 Å². The number of amides is 1. The van der Waals surface area contributed by atoms with Crippen LogP contribution in [0.1, 0.15) is 24.9 Å². The number of ether oxygens (including phenoxy) is 2. The summed E-state index contributed by atoms with van der Waals surface area (Å²) in [7, 11) is 0. The number of benzene rings is 1. The zero-order valence-corrected chi connectivity index (χ0v) is 9.53. The van der Waals surface area contributed by atoms with Crippen LogP contribution in [0.2, 0.25) is 0 Å². The molecule has 5 heteroatoms. The van der Waals surface area contributed by atoms with Crippen molar-refractivity contribution >= 4 is 6.09 Å². The molecule has 0 aromatic heterocycles. The van der Waals surface area contributed by atoms with Crippen LogP contribution in [0.3, 0.4) is 0 Å². The normalized spacial score (nSPS) is 17.9. The van der Waals surface area contributed by atoms with E-state index in [0.29, 0.717) is 30.9 Å². The van der Waals surface area contributed by atoms with Crippen LogP contribution in [0.25, 0.3) is 0 Å². The Balaban J connectivity index is 2.16. The van der Waals surface area contributed by atoms with Gasteiger partial charge in [-0.1, -0.05) is 0 Å². The molecule has 1 aliphatic rings. The first-order chi connectivity index (χ1) is 8.20. The van der Waals surface area contributed by atoms with Gasteiger partial charge in [-0.05, 0) is 25.1 Å². The molecule has 1 atom stereocenters. The molecule has 0 aliphatic carbocycles. The summed E-state index contributed by atoms with van der Waals surface area (Å²) in [6.07, 6.45) is 0.115. The second kappa shape index (κ2) is 5.03. The number of hydrogen-bond donors (Lipinski definition) is 1. The van der Waals surface area contributed by atoms with Crippen LogP contribution in [0.5, 0.6) is 5.75 Å². The topological polar surface area (TPSA) is 47.6 Å². The SMILES string of the molecule is CCOC(=O)NC1CCOc2ccc(F)cc21. The largest absolute Gasteiger partial charge is 0.493 e. The van der Waals surface area contributed by atoms with Crippen LogP contribution in [0.15, 0.2) is 18.2 Å². The molecular formula is C12H14FNO3. The minimum Gasteiger partial charge on any atom is -0.493 e. The fraction of sp³-hybridized carbons (Fsp3) is 0.417. The molecule has 1 heterocycles. The van der Waals surface area contributed by atoms with Gasteiger partial charge >= 0.3 is 6.09 Å². The molecule has 17 heavy (non-hydrogen) atoms. The van der Waals surface area contributed by atoms with E-state index in [9.17, 15) is 9.18 Å².